The van der Waals surface area contributed by atoms with Gasteiger partial charge in [-0.05, 0) is 56.4 Å². The molecule has 92 valence electrons. The Bertz CT molecular complexity index is 431. The Morgan fingerprint density at radius 3 is 2.59 bits per heavy atom. The Morgan fingerprint density at radius 2 is 2.00 bits per heavy atom. The number of hydrogen-bond donors (Lipinski definition) is 0. The van der Waals surface area contributed by atoms with Crippen LogP contribution in [0.15, 0.2) is 12.1 Å². The van der Waals surface area contributed by atoms with Crippen LogP contribution in [0.3, 0.4) is 0 Å². The molecule has 1 aromatic rings. The molecule has 1 aromatic carbocycles. The van der Waals surface area contributed by atoms with Crippen LogP contribution in [0.2, 0.25) is 0 Å². The van der Waals surface area contributed by atoms with Gasteiger partial charge < -0.3 is 4.74 Å². The molecule has 0 N–H and O–H groups in total. The molecule has 2 nitrogen and oxygen atoms in total. The largest absolute Gasteiger partial charge is 0.493 e. The van der Waals surface area contributed by atoms with Gasteiger partial charge in [0.1, 0.15) is 5.75 Å². The first-order chi connectivity index (χ1) is 8.15. The number of ketones is 1. The highest BCUT2D eigenvalue weighted by Crippen LogP contribution is 2.35. The second kappa shape index (κ2) is 4.91. The third kappa shape index (κ3) is 2.51. The van der Waals surface area contributed by atoms with Crippen LogP contribution in [0.25, 0.3) is 0 Å². The zero-order chi connectivity index (χ0) is 12.4. The summed E-state index contributed by atoms with van der Waals surface area (Å²) in [6.07, 6.45) is 3.12. The molecule has 0 heterocycles. The molecule has 2 rings (SSSR count). The van der Waals surface area contributed by atoms with E-state index >= 15 is 0 Å². The lowest BCUT2D eigenvalue weighted by atomic mass is 9.97. The van der Waals surface area contributed by atoms with Crippen LogP contribution in [0.4, 0.5) is 0 Å². The van der Waals surface area contributed by atoms with Gasteiger partial charge in [0.2, 0.25) is 0 Å². The number of rotatable bonds is 5. The molecule has 1 saturated carbocycles. The number of ether oxygens (including phenoxy) is 1. The molecule has 17 heavy (non-hydrogen) atoms. The molecule has 0 unspecified atom stereocenters. The van der Waals surface area contributed by atoms with Crippen molar-refractivity contribution in [3.8, 4) is 5.75 Å². The smallest absolute Gasteiger partial charge is 0.166 e. The van der Waals surface area contributed by atoms with Crippen LogP contribution in [0.5, 0.6) is 5.75 Å². The Labute approximate surface area is 103 Å². The number of carbonyl (C=O) groups excluding carboxylic acids is 1. The molecule has 0 amide bonds. The van der Waals surface area contributed by atoms with Crippen molar-refractivity contribution < 1.29 is 9.53 Å². The minimum atomic E-state index is 0.288. The van der Waals surface area contributed by atoms with Crippen LogP contribution >= 0.6 is 0 Å². The number of Topliss-reactive ketones (excluding diaryl/α,β-unsaturated/α-hetero) is 1. The second-order valence-electron chi connectivity index (χ2n) is 4.85. The lowest BCUT2D eigenvalue weighted by molar-refractivity contribution is 0.0967. The van der Waals surface area contributed by atoms with E-state index in [1.807, 2.05) is 26.0 Å². The van der Waals surface area contributed by atoms with Gasteiger partial charge in [-0.25, -0.2) is 0 Å². The van der Waals surface area contributed by atoms with Crippen LogP contribution in [-0.4, -0.2) is 12.4 Å². The van der Waals surface area contributed by atoms with Crippen LogP contribution < -0.4 is 4.74 Å². The van der Waals surface area contributed by atoms with E-state index in [1.165, 1.54) is 0 Å². The van der Waals surface area contributed by atoms with E-state index in [0.717, 1.165) is 48.3 Å². The van der Waals surface area contributed by atoms with Gasteiger partial charge in [-0.3, -0.25) is 4.79 Å². The van der Waals surface area contributed by atoms with Crippen LogP contribution in [0, 0.1) is 19.8 Å². The summed E-state index contributed by atoms with van der Waals surface area (Å²) in [5.41, 5.74) is 3.06. The van der Waals surface area contributed by atoms with Gasteiger partial charge in [0.15, 0.2) is 5.78 Å². The zero-order valence-corrected chi connectivity index (χ0v) is 10.9. The lowest BCUT2D eigenvalue weighted by Crippen LogP contribution is -2.06. The minimum absolute atomic E-state index is 0.288. The average molecular weight is 232 g/mol. The molecule has 1 fully saturated rings. The predicted octanol–water partition coefficient (Wildman–Crippen LogP) is 3.68. The summed E-state index contributed by atoms with van der Waals surface area (Å²) in [4.78, 5) is 12.1. The van der Waals surface area contributed by atoms with Crippen LogP contribution in [-0.2, 0) is 0 Å². The molecule has 0 atom stereocenters. The van der Waals surface area contributed by atoms with Gasteiger partial charge in [0, 0.05) is 11.5 Å². The molecular weight excluding hydrogens is 212 g/mol. The summed E-state index contributed by atoms with van der Waals surface area (Å²) in [7, 11) is 0. The van der Waals surface area contributed by atoms with Gasteiger partial charge in [-0.1, -0.05) is 6.92 Å². The molecular formula is C15H20O2. The fourth-order valence-electron chi connectivity index (χ4n) is 2.00. The SMILES string of the molecule is CCCOc1ccc(C(=O)C2CC2)c(C)c1C. The fraction of sp³-hybridized carbons (Fsp3) is 0.533. The van der Waals surface area contributed by atoms with E-state index in [2.05, 4.69) is 6.92 Å². The first-order valence-corrected chi connectivity index (χ1v) is 6.42. The standard InChI is InChI=1S/C15H20O2/c1-4-9-17-14-8-7-13(10(2)11(14)3)15(16)12-5-6-12/h7-8,12H,4-6,9H2,1-3H3. The Kier molecular flexibility index (Phi) is 3.51. The maximum atomic E-state index is 12.1. The Balaban J connectivity index is 2.25. The molecule has 0 radical (unpaired) electrons. The van der Waals surface area contributed by atoms with E-state index in [1.54, 1.807) is 0 Å². The van der Waals surface area contributed by atoms with Crippen molar-refractivity contribution in [1.82, 2.24) is 0 Å². The first kappa shape index (κ1) is 12.2. The van der Waals surface area contributed by atoms with Crippen molar-refractivity contribution in [2.45, 2.75) is 40.0 Å². The van der Waals surface area contributed by atoms with Gasteiger partial charge in [0.05, 0.1) is 6.61 Å². The van der Waals surface area contributed by atoms with Crippen molar-refractivity contribution >= 4 is 5.78 Å². The molecule has 0 aromatic heterocycles. The molecule has 0 aliphatic heterocycles. The normalized spacial score (nSPS) is 14.8. The molecule has 0 bridgehead atoms. The monoisotopic (exact) mass is 232 g/mol. The highest BCUT2D eigenvalue weighted by atomic mass is 16.5. The van der Waals surface area contributed by atoms with Gasteiger partial charge in [0.25, 0.3) is 0 Å². The summed E-state index contributed by atoms with van der Waals surface area (Å²) in [6, 6.07) is 3.86. The highest BCUT2D eigenvalue weighted by Gasteiger charge is 2.31. The third-order valence-electron chi connectivity index (χ3n) is 3.41. The first-order valence-electron chi connectivity index (χ1n) is 6.42. The van der Waals surface area contributed by atoms with Crippen molar-refractivity contribution in [2.75, 3.05) is 6.61 Å². The summed E-state index contributed by atoms with van der Waals surface area (Å²) in [5.74, 6) is 1.51. The van der Waals surface area contributed by atoms with Crippen molar-refractivity contribution in [1.29, 1.82) is 0 Å². The van der Waals surface area contributed by atoms with Crippen molar-refractivity contribution in [2.24, 2.45) is 5.92 Å². The van der Waals surface area contributed by atoms with Crippen molar-refractivity contribution in [3.63, 3.8) is 0 Å². The molecule has 0 saturated heterocycles. The topological polar surface area (TPSA) is 26.3 Å². The Hall–Kier alpha value is -1.31. The maximum Gasteiger partial charge on any atom is 0.166 e. The Morgan fingerprint density at radius 1 is 1.29 bits per heavy atom. The van der Waals surface area contributed by atoms with Gasteiger partial charge in [-0.15, -0.1) is 0 Å². The number of hydrogen-bond acceptors (Lipinski definition) is 2. The summed E-state index contributed by atoms with van der Waals surface area (Å²) < 4.78 is 5.67. The van der Waals surface area contributed by atoms with E-state index in [0.29, 0.717) is 5.78 Å². The number of carbonyl (C=O) groups is 1. The minimum Gasteiger partial charge on any atom is -0.493 e. The van der Waals surface area contributed by atoms with Gasteiger partial charge >= 0.3 is 0 Å². The van der Waals surface area contributed by atoms with E-state index in [4.69, 9.17) is 4.74 Å². The second-order valence-corrected chi connectivity index (χ2v) is 4.85. The highest BCUT2D eigenvalue weighted by molar-refractivity contribution is 6.00. The third-order valence-corrected chi connectivity index (χ3v) is 3.41. The van der Waals surface area contributed by atoms with Crippen LogP contribution in [0.1, 0.15) is 47.7 Å². The lowest BCUT2D eigenvalue weighted by Gasteiger charge is -2.13. The van der Waals surface area contributed by atoms with Gasteiger partial charge in [-0.2, -0.15) is 0 Å². The maximum absolute atomic E-state index is 12.1. The zero-order valence-electron chi connectivity index (χ0n) is 10.9. The van der Waals surface area contributed by atoms with E-state index in [9.17, 15) is 4.79 Å². The average Bonchev–Trinajstić information content (AvgIpc) is 3.14. The van der Waals surface area contributed by atoms with E-state index < -0.39 is 0 Å². The fourth-order valence-corrected chi connectivity index (χ4v) is 2.00. The molecule has 2 heteroatoms. The summed E-state index contributed by atoms with van der Waals surface area (Å²) in [6.45, 7) is 6.87. The summed E-state index contributed by atoms with van der Waals surface area (Å²) in [5, 5.41) is 0. The molecule has 0 spiro atoms. The van der Waals surface area contributed by atoms with Crippen molar-refractivity contribution in [3.05, 3.63) is 28.8 Å². The van der Waals surface area contributed by atoms with E-state index in [-0.39, 0.29) is 5.92 Å². The molecule has 1 aliphatic rings. The predicted molar refractivity (Wildman–Crippen MR) is 68.8 cm³/mol. The summed E-state index contributed by atoms with van der Waals surface area (Å²) >= 11 is 0. The number of benzene rings is 1. The quantitative estimate of drug-likeness (QED) is 0.724. The molecule has 1 aliphatic carbocycles.